The Kier molecular flexibility index (Phi) is 5.05. The third-order valence-electron chi connectivity index (χ3n) is 5.00. The van der Waals surface area contributed by atoms with Gasteiger partial charge in [-0.05, 0) is 24.3 Å². The van der Waals surface area contributed by atoms with Crippen LogP contribution in [0.2, 0.25) is 0 Å². The van der Waals surface area contributed by atoms with Gasteiger partial charge in [-0.25, -0.2) is 9.18 Å². The molecular formula is C17H22FN3O5. The van der Waals surface area contributed by atoms with E-state index in [0.29, 0.717) is 38.6 Å². The van der Waals surface area contributed by atoms with Crippen LogP contribution in [0.1, 0.15) is 0 Å². The summed E-state index contributed by atoms with van der Waals surface area (Å²) >= 11 is 0. The van der Waals surface area contributed by atoms with Crippen molar-refractivity contribution in [3.8, 4) is 0 Å². The predicted octanol–water partition coefficient (Wildman–Crippen LogP) is 0.133. The van der Waals surface area contributed by atoms with Crippen LogP contribution in [0.4, 0.5) is 14.9 Å². The van der Waals surface area contributed by atoms with Gasteiger partial charge in [0.2, 0.25) is 0 Å². The van der Waals surface area contributed by atoms with E-state index in [4.69, 9.17) is 14.2 Å². The first-order valence-corrected chi connectivity index (χ1v) is 8.72. The van der Waals surface area contributed by atoms with Crippen LogP contribution in [0.3, 0.4) is 0 Å². The van der Waals surface area contributed by atoms with Crippen molar-refractivity contribution in [2.75, 3.05) is 38.2 Å². The SMILES string of the molecule is O=C(Nc1ccc(F)cc1)NC1C2COC(O2)C(N2CCOCC2)C1O. The molecule has 5 atom stereocenters. The lowest BCUT2D eigenvalue weighted by Crippen LogP contribution is -2.66. The minimum atomic E-state index is -0.835. The standard InChI is InChI=1S/C17H22FN3O5/c18-10-1-3-11(4-2-10)19-17(23)20-13-12-9-25-16(26-12)14(15(13)22)21-5-7-24-8-6-21/h1-4,12-16,22H,5-9H2,(H2,19,20,23). The smallest absolute Gasteiger partial charge is 0.319 e. The Morgan fingerprint density at radius 3 is 2.69 bits per heavy atom. The number of carbonyl (C=O) groups is 1. The predicted molar refractivity (Wildman–Crippen MR) is 89.1 cm³/mol. The second-order valence-corrected chi connectivity index (χ2v) is 6.64. The van der Waals surface area contributed by atoms with E-state index >= 15 is 0 Å². The van der Waals surface area contributed by atoms with Crippen LogP contribution in [0, 0.1) is 5.82 Å². The molecule has 0 spiro atoms. The lowest BCUT2D eigenvalue weighted by atomic mass is 9.94. The Morgan fingerprint density at radius 1 is 1.23 bits per heavy atom. The molecule has 26 heavy (non-hydrogen) atoms. The van der Waals surface area contributed by atoms with E-state index in [9.17, 15) is 14.3 Å². The van der Waals surface area contributed by atoms with Crippen molar-refractivity contribution in [1.29, 1.82) is 0 Å². The summed E-state index contributed by atoms with van der Waals surface area (Å²) in [6.45, 7) is 2.82. The zero-order valence-electron chi connectivity index (χ0n) is 14.1. The van der Waals surface area contributed by atoms with Crippen molar-refractivity contribution in [1.82, 2.24) is 10.2 Å². The molecule has 142 valence electrons. The van der Waals surface area contributed by atoms with Crippen LogP contribution in [0.5, 0.6) is 0 Å². The van der Waals surface area contributed by atoms with Crippen LogP contribution in [0.15, 0.2) is 24.3 Å². The van der Waals surface area contributed by atoms with Gasteiger partial charge in [0, 0.05) is 18.8 Å². The van der Waals surface area contributed by atoms with E-state index in [2.05, 4.69) is 15.5 Å². The van der Waals surface area contributed by atoms with Crippen molar-refractivity contribution in [2.45, 2.75) is 30.6 Å². The Morgan fingerprint density at radius 2 is 1.96 bits per heavy atom. The lowest BCUT2D eigenvalue weighted by Gasteiger charge is -2.44. The maximum Gasteiger partial charge on any atom is 0.319 e. The van der Waals surface area contributed by atoms with Gasteiger partial charge in [-0.3, -0.25) is 4.90 Å². The maximum absolute atomic E-state index is 13.0. The summed E-state index contributed by atoms with van der Waals surface area (Å²) in [5.41, 5.74) is 0.459. The third-order valence-corrected chi connectivity index (χ3v) is 5.00. The Labute approximate surface area is 150 Å². The number of halogens is 1. The summed E-state index contributed by atoms with van der Waals surface area (Å²) in [6, 6.07) is 3.99. The molecule has 0 radical (unpaired) electrons. The van der Waals surface area contributed by atoms with Crippen molar-refractivity contribution >= 4 is 11.7 Å². The summed E-state index contributed by atoms with van der Waals surface area (Å²) in [6.07, 6.45) is -1.75. The topological polar surface area (TPSA) is 92.3 Å². The average Bonchev–Trinajstić information content (AvgIpc) is 3.07. The van der Waals surface area contributed by atoms with E-state index in [1.54, 1.807) is 0 Å². The summed E-state index contributed by atoms with van der Waals surface area (Å²) in [4.78, 5) is 14.4. The van der Waals surface area contributed by atoms with Crippen molar-refractivity contribution in [3.63, 3.8) is 0 Å². The van der Waals surface area contributed by atoms with E-state index < -0.39 is 30.6 Å². The number of morpholine rings is 1. The van der Waals surface area contributed by atoms with Crippen LogP contribution >= 0.6 is 0 Å². The Balaban J connectivity index is 1.43. The second kappa shape index (κ2) is 7.45. The molecule has 0 aromatic heterocycles. The van der Waals surface area contributed by atoms with Crippen LogP contribution in [-0.2, 0) is 14.2 Å². The highest BCUT2D eigenvalue weighted by molar-refractivity contribution is 5.89. The van der Waals surface area contributed by atoms with Crippen molar-refractivity contribution in [3.05, 3.63) is 30.1 Å². The molecule has 3 N–H and O–H groups in total. The van der Waals surface area contributed by atoms with E-state index in [1.165, 1.54) is 24.3 Å². The number of ether oxygens (including phenoxy) is 3. The largest absolute Gasteiger partial charge is 0.389 e. The number of nitrogens with zero attached hydrogens (tertiary/aromatic N) is 1. The molecule has 4 rings (SSSR count). The van der Waals surface area contributed by atoms with E-state index in [-0.39, 0.29) is 11.9 Å². The summed E-state index contributed by atoms with van der Waals surface area (Å²) < 4.78 is 29.9. The third kappa shape index (κ3) is 3.53. The van der Waals surface area contributed by atoms with Crippen molar-refractivity contribution < 1.29 is 28.5 Å². The molecule has 0 aliphatic carbocycles. The van der Waals surface area contributed by atoms with Crippen LogP contribution in [-0.4, -0.2) is 79.5 Å². The zero-order chi connectivity index (χ0) is 18.1. The molecule has 5 unspecified atom stereocenters. The molecule has 3 aliphatic heterocycles. The average molecular weight is 367 g/mol. The molecule has 1 aromatic rings. The molecule has 2 amide bonds. The molecule has 2 bridgehead atoms. The highest BCUT2D eigenvalue weighted by Crippen LogP contribution is 2.31. The first-order chi connectivity index (χ1) is 12.6. The number of hydrogen-bond donors (Lipinski definition) is 3. The number of amides is 2. The number of aliphatic hydroxyl groups is 1. The summed E-state index contributed by atoms with van der Waals surface area (Å²) in [7, 11) is 0. The van der Waals surface area contributed by atoms with Gasteiger partial charge in [0.05, 0.1) is 38.0 Å². The second-order valence-electron chi connectivity index (χ2n) is 6.64. The van der Waals surface area contributed by atoms with Gasteiger partial charge in [0.15, 0.2) is 6.29 Å². The van der Waals surface area contributed by atoms with Gasteiger partial charge < -0.3 is 30.0 Å². The van der Waals surface area contributed by atoms with Crippen LogP contribution < -0.4 is 10.6 Å². The molecule has 3 saturated heterocycles. The Hall–Kier alpha value is -1.78. The number of rotatable bonds is 3. The number of nitrogens with one attached hydrogen (secondary N) is 2. The molecular weight excluding hydrogens is 345 g/mol. The fourth-order valence-electron chi connectivity index (χ4n) is 3.70. The number of fused-ring (bicyclic) bond motifs is 2. The monoisotopic (exact) mass is 367 g/mol. The summed E-state index contributed by atoms with van der Waals surface area (Å²) in [5.74, 6) is -0.380. The number of hydrogen-bond acceptors (Lipinski definition) is 6. The fraction of sp³-hybridized carbons (Fsp3) is 0.588. The highest BCUT2D eigenvalue weighted by Gasteiger charge is 2.52. The van der Waals surface area contributed by atoms with Gasteiger partial charge in [-0.15, -0.1) is 0 Å². The highest BCUT2D eigenvalue weighted by atomic mass is 19.1. The summed E-state index contributed by atoms with van der Waals surface area (Å²) in [5, 5.41) is 16.3. The van der Waals surface area contributed by atoms with E-state index in [1.807, 2.05) is 0 Å². The Bertz CT molecular complexity index is 640. The number of benzene rings is 1. The maximum atomic E-state index is 13.0. The van der Waals surface area contributed by atoms with Gasteiger partial charge in [0.25, 0.3) is 0 Å². The number of carbonyl (C=O) groups excluding carboxylic acids is 1. The van der Waals surface area contributed by atoms with Gasteiger partial charge in [0.1, 0.15) is 11.9 Å². The fourth-order valence-corrected chi connectivity index (χ4v) is 3.70. The molecule has 3 fully saturated rings. The quantitative estimate of drug-likeness (QED) is 0.704. The number of aliphatic hydroxyl groups excluding tert-OH is 1. The van der Waals surface area contributed by atoms with Crippen molar-refractivity contribution in [2.24, 2.45) is 0 Å². The number of anilines is 1. The first kappa shape index (κ1) is 17.6. The van der Waals surface area contributed by atoms with Gasteiger partial charge in [-0.1, -0.05) is 0 Å². The van der Waals surface area contributed by atoms with Gasteiger partial charge >= 0.3 is 6.03 Å². The lowest BCUT2D eigenvalue weighted by molar-refractivity contribution is -0.189. The van der Waals surface area contributed by atoms with Crippen LogP contribution in [0.25, 0.3) is 0 Å². The molecule has 0 saturated carbocycles. The van der Waals surface area contributed by atoms with Gasteiger partial charge in [-0.2, -0.15) is 0 Å². The normalized spacial score (nSPS) is 34.5. The molecule has 8 nitrogen and oxygen atoms in total. The zero-order valence-corrected chi connectivity index (χ0v) is 14.1. The minimum Gasteiger partial charge on any atom is -0.389 e. The minimum absolute atomic E-state index is 0.310. The molecule has 9 heteroatoms. The molecule has 3 heterocycles. The molecule has 1 aromatic carbocycles. The van der Waals surface area contributed by atoms with E-state index in [0.717, 1.165) is 0 Å². The molecule has 3 aliphatic rings. The first-order valence-electron chi connectivity index (χ1n) is 8.72. The number of urea groups is 1.